The van der Waals surface area contributed by atoms with Crippen LogP contribution >= 0.6 is 35.8 Å². The highest BCUT2D eigenvalue weighted by Gasteiger charge is 1.98. The number of aliphatic carboxylic acids is 1. The third-order valence-electron chi connectivity index (χ3n) is 1.18. The smallest absolute Gasteiger partial charge is 0.313 e. The molecule has 0 heterocycles. The van der Waals surface area contributed by atoms with Crippen molar-refractivity contribution >= 4 is 41.7 Å². The van der Waals surface area contributed by atoms with E-state index in [0.717, 1.165) is 4.90 Å². The number of hydrogen-bond donors (Lipinski definition) is 1. The molecule has 1 aromatic carbocycles. The molecular weight excluding hydrogens is 231 g/mol. The Morgan fingerprint density at radius 2 is 1.92 bits per heavy atom. The Morgan fingerprint density at radius 3 is 2.38 bits per heavy atom. The van der Waals surface area contributed by atoms with Crippen molar-refractivity contribution in [2.45, 2.75) is 4.90 Å². The summed E-state index contributed by atoms with van der Waals surface area (Å²) in [6.45, 7) is 0. The lowest BCUT2D eigenvalue weighted by atomic mass is 10.4. The fourth-order valence-corrected chi connectivity index (χ4v) is 1.42. The van der Waals surface area contributed by atoms with E-state index in [2.05, 4.69) is 0 Å². The van der Waals surface area contributed by atoms with Crippen LogP contribution in [0.1, 0.15) is 0 Å². The van der Waals surface area contributed by atoms with Gasteiger partial charge in [0.25, 0.3) is 0 Å². The van der Waals surface area contributed by atoms with Crippen LogP contribution in [0.4, 0.5) is 0 Å². The lowest BCUT2D eigenvalue weighted by molar-refractivity contribution is -0.133. The van der Waals surface area contributed by atoms with E-state index in [-0.39, 0.29) is 18.2 Å². The van der Waals surface area contributed by atoms with Crippen molar-refractivity contribution in [2.75, 3.05) is 5.75 Å². The van der Waals surface area contributed by atoms with Gasteiger partial charge in [-0.3, -0.25) is 4.79 Å². The predicted octanol–water partition coefficient (Wildman–Crippen LogP) is 2.94. The van der Waals surface area contributed by atoms with E-state index in [0.29, 0.717) is 5.02 Å². The Hall–Kier alpha value is -0.380. The molecule has 0 aliphatic heterocycles. The second-order valence-electron chi connectivity index (χ2n) is 2.14. The number of carboxylic acids is 1. The third kappa shape index (κ3) is 5.03. The van der Waals surface area contributed by atoms with Gasteiger partial charge in [0.05, 0.1) is 5.75 Å². The van der Waals surface area contributed by atoms with Gasteiger partial charge >= 0.3 is 5.97 Å². The molecule has 0 bridgehead atoms. The zero-order valence-electron chi connectivity index (χ0n) is 6.57. The lowest BCUT2D eigenvalue weighted by Crippen LogP contribution is -1.96. The molecule has 5 heteroatoms. The van der Waals surface area contributed by atoms with Crippen LogP contribution in [0, 0.1) is 0 Å². The lowest BCUT2D eigenvalue weighted by Gasteiger charge is -1.97. The standard InChI is InChI=1S/C8H7ClO2S.ClH/c9-6-1-3-7(4-2-6)12-5-8(10)11;/h1-4H,5H2,(H,10,11);1H. The fraction of sp³-hybridized carbons (Fsp3) is 0.125. The second kappa shape index (κ2) is 6.13. The van der Waals surface area contributed by atoms with Gasteiger partial charge in [-0.05, 0) is 24.3 Å². The first-order valence-corrected chi connectivity index (χ1v) is 4.65. The molecule has 0 saturated carbocycles. The normalized spacial score (nSPS) is 9.00. The Kier molecular flexibility index (Phi) is 5.95. The van der Waals surface area contributed by atoms with Crippen LogP contribution in [0.25, 0.3) is 0 Å². The van der Waals surface area contributed by atoms with E-state index in [1.807, 2.05) is 0 Å². The van der Waals surface area contributed by atoms with Crippen molar-refractivity contribution in [3.63, 3.8) is 0 Å². The van der Waals surface area contributed by atoms with Gasteiger partial charge in [-0.2, -0.15) is 0 Å². The first kappa shape index (κ1) is 12.6. The van der Waals surface area contributed by atoms with Crippen LogP contribution in [-0.2, 0) is 4.79 Å². The summed E-state index contributed by atoms with van der Waals surface area (Å²) in [5, 5.41) is 9.04. The van der Waals surface area contributed by atoms with Crippen molar-refractivity contribution in [3.05, 3.63) is 29.3 Å². The van der Waals surface area contributed by atoms with Gasteiger partial charge in [-0.25, -0.2) is 0 Å². The average molecular weight is 239 g/mol. The highest BCUT2D eigenvalue weighted by Crippen LogP contribution is 2.19. The van der Waals surface area contributed by atoms with Crippen molar-refractivity contribution in [1.82, 2.24) is 0 Å². The minimum Gasteiger partial charge on any atom is -0.481 e. The summed E-state index contributed by atoms with van der Waals surface area (Å²) in [6, 6.07) is 7.09. The molecule has 1 N–H and O–H groups in total. The van der Waals surface area contributed by atoms with Crippen LogP contribution in [0.15, 0.2) is 29.2 Å². The number of carbonyl (C=O) groups is 1. The number of hydrogen-bond acceptors (Lipinski definition) is 2. The van der Waals surface area contributed by atoms with Crippen LogP contribution in [0.5, 0.6) is 0 Å². The molecule has 13 heavy (non-hydrogen) atoms. The van der Waals surface area contributed by atoms with E-state index >= 15 is 0 Å². The SMILES string of the molecule is Cl.O=C(O)CSc1ccc(Cl)cc1. The molecule has 0 saturated heterocycles. The molecule has 0 aromatic heterocycles. The van der Waals surface area contributed by atoms with Gasteiger partial charge in [-0.15, -0.1) is 24.2 Å². The molecular formula is C8H8Cl2O2S. The Balaban J connectivity index is 0.00000144. The zero-order valence-corrected chi connectivity index (χ0v) is 8.96. The van der Waals surface area contributed by atoms with Gasteiger partial charge in [0.1, 0.15) is 0 Å². The van der Waals surface area contributed by atoms with Crippen LogP contribution in [0.2, 0.25) is 5.02 Å². The summed E-state index contributed by atoms with van der Waals surface area (Å²) >= 11 is 6.93. The Bertz CT molecular complexity index is 274. The third-order valence-corrected chi connectivity index (χ3v) is 2.42. The summed E-state index contributed by atoms with van der Waals surface area (Å²) in [5.41, 5.74) is 0. The number of halogens is 2. The maximum atomic E-state index is 10.2. The molecule has 0 amide bonds. The molecule has 0 fully saturated rings. The van der Waals surface area contributed by atoms with Crippen molar-refractivity contribution in [2.24, 2.45) is 0 Å². The molecule has 0 radical (unpaired) electrons. The van der Waals surface area contributed by atoms with Gasteiger partial charge in [0.2, 0.25) is 0 Å². The first-order chi connectivity index (χ1) is 5.68. The van der Waals surface area contributed by atoms with Crippen molar-refractivity contribution < 1.29 is 9.90 Å². The Labute approximate surface area is 91.7 Å². The monoisotopic (exact) mass is 238 g/mol. The molecule has 72 valence electrons. The minimum atomic E-state index is -0.810. The number of rotatable bonds is 3. The highest BCUT2D eigenvalue weighted by molar-refractivity contribution is 8.00. The number of benzene rings is 1. The minimum absolute atomic E-state index is 0. The van der Waals surface area contributed by atoms with Gasteiger partial charge in [-0.1, -0.05) is 11.6 Å². The summed E-state index contributed by atoms with van der Waals surface area (Å²) in [5.74, 6) is -0.725. The summed E-state index contributed by atoms with van der Waals surface area (Å²) < 4.78 is 0. The molecule has 0 spiro atoms. The predicted molar refractivity (Wildman–Crippen MR) is 57.1 cm³/mol. The molecule has 0 atom stereocenters. The molecule has 0 aliphatic rings. The quantitative estimate of drug-likeness (QED) is 0.824. The average Bonchev–Trinajstić information content (AvgIpc) is 2.03. The zero-order chi connectivity index (χ0) is 8.97. The number of thioether (sulfide) groups is 1. The van der Waals surface area contributed by atoms with Gasteiger partial charge in [0, 0.05) is 9.92 Å². The van der Waals surface area contributed by atoms with Crippen molar-refractivity contribution in [1.29, 1.82) is 0 Å². The largest absolute Gasteiger partial charge is 0.481 e. The summed E-state index contributed by atoms with van der Waals surface area (Å²) in [6.07, 6.45) is 0. The van der Waals surface area contributed by atoms with E-state index in [4.69, 9.17) is 16.7 Å². The molecule has 0 unspecified atom stereocenters. The van der Waals surface area contributed by atoms with E-state index in [1.54, 1.807) is 24.3 Å². The molecule has 2 nitrogen and oxygen atoms in total. The maximum absolute atomic E-state index is 10.2. The maximum Gasteiger partial charge on any atom is 0.313 e. The highest BCUT2D eigenvalue weighted by atomic mass is 35.5. The molecule has 0 aliphatic carbocycles. The van der Waals surface area contributed by atoms with E-state index in [9.17, 15) is 4.79 Å². The molecule has 1 rings (SSSR count). The van der Waals surface area contributed by atoms with Crippen LogP contribution < -0.4 is 0 Å². The van der Waals surface area contributed by atoms with Crippen molar-refractivity contribution in [3.8, 4) is 0 Å². The topological polar surface area (TPSA) is 37.3 Å². The summed E-state index contributed by atoms with van der Waals surface area (Å²) in [7, 11) is 0. The fourth-order valence-electron chi connectivity index (χ4n) is 0.676. The second-order valence-corrected chi connectivity index (χ2v) is 3.62. The Morgan fingerprint density at radius 1 is 1.38 bits per heavy atom. The van der Waals surface area contributed by atoms with E-state index < -0.39 is 5.97 Å². The number of carboxylic acid groups (broad SMARTS) is 1. The van der Waals surface area contributed by atoms with E-state index in [1.165, 1.54) is 11.8 Å². The first-order valence-electron chi connectivity index (χ1n) is 3.28. The van der Waals surface area contributed by atoms with Crippen LogP contribution in [-0.4, -0.2) is 16.8 Å². The van der Waals surface area contributed by atoms with Gasteiger partial charge < -0.3 is 5.11 Å². The molecule has 1 aromatic rings. The summed E-state index contributed by atoms with van der Waals surface area (Å²) in [4.78, 5) is 11.1. The van der Waals surface area contributed by atoms with Gasteiger partial charge in [0.15, 0.2) is 0 Å². The van der Waals surface area contributed by atoms with Crippen LogP contribution in [0.3, 0.4) is 0 Å².